The Bertz CT molecular complexity index is 676. The van der Waals surface area contributed by atoms with Crippen LogP contribution in [-0.2, 0) is 23.9 Å². The summed E-state index contributed by atoms with van der Waals surface area (Å²) >= 11 is 0. The number of hydrogen-bond donors (Lipinski definition) is 1. The van der Waals surface area contributed by atoms with Crippen molar-refractivity contribution in [3.05, 3.63) is 29.6 Å². The summed E-state index contributed by atoms with van der Waals surface area (Å²) in [4.78, 5) is 4.36. The quantitative estimate of drug-likeness (QED) is 0.917. The summed E-state index contributed by atoms with van der Waals surface area (Å²) in [5.41, 5.74) is 0.327. The second-order valence-electron chi connectivity index (χ2n) is 5.80. The van der Waals surface area contributed by atoms with E-state index in [0.717, 1.165) is 31.6 Å². The largest absolute Gasteiger partial charge is 0.416 e. The fraction of sp³-hybridized carbons (Fsp3) is 0.562. The third-order valence-corrected chi connectivity index (χ3v) is 4.12. The van der Waals surface area contributed by atoms with Crippen molar-refractivity contribution in [1.82, 2.24) is 9.55 Å². The molecule has 0 radical (unpaired) electrons. The van der Waals surface area contributed by atoms with Gasteiger partial charge in [-0.25, -0.2) is 4.98 Å². The SMILES string of the molecule is OCCCc1nc2cc(C(F)(F)F)ccc2n1CC1CCCO1. The van der Waals surface area contributed by atoms with Gasteiger partial charge in [0.2, 0.25) is 0 Å². The number of rotatable bonds is 5. The van der Waals surface area contributed by atoms with Crippen molar-refractivity contribution < 1.29 is 23.0 Å². The van der Waals surface area contributed by atoms with E-state index in [4.69, 9.17) is 9.84 Å². The number of nitrogens with zero attached hydrogens (tertiary/aromatic N) is 2. The van der Waals surface area contributed by atoms with E-state index in [1.54, 1.807) is 0 Å². The average molecular weight is 328 g/mol. The average Bonchev–Trinajstić information content (AvgIpc) is 3.12. The van der Waals surface area contributed by atoms with Crippen molar-refractivity contribution in [2.24, 2.45) is 0 Å². The Hall–Kier alpha value is -1.60. The second-order valence-corrected chi connectivity index (χ2v) is 5.80. The first-order valence-corrected chi connectivity index (χ1v) is 7.78. The highest BCUT2D eigenvalue weighted by Crippen LogP contribution is 2.32. The topological polar surface area (TPSA) is 47.3 Å². The first kappa shape index (κ1) is 16.3. The number of imidazole rings is 1. The molecule has 2 aromatic rings. The molecule has 0 aliphatic carbocycles. The predicted molar refractivity (Wildman–Crippen MR) is 79.1 cm³/mol. The standard InChI is InChI=1S/C16H19F3N2O2/c17-16(18,19)11-5-6-14-13(9-11)20-15(4-1-7-22)21(14)10-12-3-2-8-23-12/h5-6,9,12,22H,1-4,7-8,10H2. The van der Waals surface area contributed by atoms with Crippen molar-refractivity contribution in [1.29, 1.82) is 0 Å². The molecule has 0 bridgehead atoms. The molecular weight excluding hydrogens is 309 g/mol. The molecule has 1 aliphatic heterocycles. The van der Waals surface area contributed by atoms with E-state index in [1.165, 1.54) is 6.07 Å². The minimum atomic E-state index is -4.38. The molecule has 0 spiro atoms. The summed E-state index contributed by atoms with van der Waals surface area (Å²) in [5.74, 6) is 0.698. The van der Waals surface area contributed by atoms with Crippen LogP contribution in [-0.4, -0.2) is 34.0 Å². The van der Waals surface area contributed by atoms with Gasteiger partial charge in [0.05, 0.1) is 29.2 Å². The summed E-state index contributed by atoms with van der Waals surface area (Å²) in [6, 6.07) is 3.65. The molecular formula is C16H19F3N2O2. The van der Waals surface area contributed by atoms with E-state index < -0.39 is 11.7 Å². The fourth-order valence-electron chi connectivity index (χ4n) is 2.98. The summed E-state index contributed by atoms with van der Waals surface area (Å²) in [6.07, 6.45) is -1.30. The van der Waals surface area contributed by atoms with Crippen LogP contribution in [0.2, 0.25) is 0 Å². The van der Waals surface area contributed by atoms with Gasteiger partial charge in [-0.2, -0.15) is 13.2 Å². The number of ether oxygens (including phenoxy) is 1. The van der Waals surface area contributed by atoms with Gasteiger partial charge in [0.25, 0.3) is 0 Å². The lowest BCUT2D eigenvalue weighted by Gasteiger charge is -2.14. The molecule has 23 heavy (non-hydrogen) atoms. The number of aromatic nitrogens is 2. The number of alkyl halides is 3. The zero-order valence-electron chi connectivity index (χ0n) is 12.6. The van der Waals surface area contributed by atoms with Gasteiger partial charge >= 0.3 is 6.18 Å². The van der Waals surface area contributed by atoms with Crippen molar-refractivity contribution in [2.45, 2.75) is 44.5 Å². The van der Waals surface area contributed by atoms with Gasteiger partial charge in [-0.15, -0.1) is 0 Å². The third kappa shape index (κ3) is 3.50. The lowest BCUT2D eigenvalue weighted by atomic mass is 10.2. The van der Waals surface area contributed by atoms with Crippen molar-refractivity contribution >= 4 is 11.0 Å². The highest BCUT2D eigenvalue weighted by atomic mass is 19.4. The maximum atomic E-state index is 12.9. The Labute approximate surface area is 131 Å². The van der Waals surface area contributed by atoms with Crippen LogP contribution in [0, 0.1) is 0 Å². The van der Waals surface area contributed by atoms with Gasteiger partial charge in [-0.1, -0.05) is 0 Å². The van der Waals surface area contributed by atoms with Crippen molar-refractivity contribution in [2.75, 3.05) is 13.2 Å². The number of hydrogen-bond acceptors (Lipinski definition) is 3. The van der Waals surface area contributed by atoms with Gasteiger partial charge in [0.15, 0.2) is 0 Å². The molecule has 1 fully saturated rings. The number of aliphatic hydroxyl groups is 1. The number of halogens is 3. The number of aliphatic hydroxyl groups excluding tert-OH is 1. The molecule has 0 amide bonds. The summed E-state index contributed by atoms with van der Waals surface area (Å²) in [7, 11) is 0. The normalized spacial score (nSPS) is 18.9. The van der Waals surface area contributed by atoms with Gasteiger partial charge in [-0.05, 0) is 37.5 Å². The molecule has 1 saturated heterocycles. The Balaban J connectivity index is 1.99. The summed E-state index contributed by atoms with van der Waals surface area (Å²) in [5, 5.41) is 9.02. The zero-order chi connectivity index (χ0) is 16.4. The van der Waals surface area contributed by atoms with Crippen LogP contribution in [0.1, 0.15) is 30.7 Å². The molecule has 1 aromatic carbocycles. The Morgan fingerprint density at radius 2 is 2.17 bits per heavy atom. The maximum absolute atomic E-state index is 12.9. The van der Waals surface area contributed by atoms with E-state index in [1.807, 2.05) is 4.57 Å². The first-order valence-electron chi connectivity index (χ1n) is 7.78. The van der Waals surface area contributed by atoms with Crippen molar-refractivity contribution in [3.63, 3.8) is 0 Å². The van der Waals surface area contributed by atoms with Crippen molar-refractivity contribution in [3.8, 4) is 0 Å². The minimum absolute atomic E-state index is 0.0247. The fourth-order valence-corrected chi connectivity index (χ4v) is 2.98. The van der Waals surface area contributed by atoms with Crippen LogP contribution in [0.5, 0.6) is 0 Å². The molecule has 1 aromatic heterocycles. The number of benzene rings is 1. The van der Waals surface area contributed by atoms with Crippen LogP contribution in [0.3, 0.4) is 0 Å². The Morgan fingerprint density at radius 3 is 2.83 bits per heavy atom. The van der Waals surface area contributed by atoms with Gasteiger partial charge in [0, 0.05) is 19.6 Å². The first-order chi connectivity index (χ1) is 11.0. The van der Waals surface area contributed by atoms with Gasteiger partial charge in [0.1, 0.15) is 5.82 Å². The molecule has 3 rings (SSSR count). The van der Waals surface area contributed by atoms with E-state index in [-0.39, 0.29) is 12.7 Å². The zero-order valence-corrected chi connectivity index (χ0v) is 12.6. The third-order valence-electron chi connectivity index (χ3n) is 4.12. The molecule has 7 heteroatoms. The van der Waals surface area contributed by atoms with Crippen LogP contribution >= 0.6 is 0 Å². The van der Waals surface area contributed by atoms with E-state index in [0.29, 0.717) is 36.2 Å². The van der Waals surface area contributed by atoms with Gasteiger partial charge in [-0.3, -0.25) is 0 Å². The molecule has 4 nitrogen and oxygen atoms in total. The molecule has 2 heterocycles. The Kier molecular flexibility index (Phi) is 4.59. The van der Waals surface area contributed by atoms with Crippen LogP contribution in [0.25, 0.3) is 11.0 Å². The monoisotopic (exact) mass is 328 g/mol. The highest BCUT2D eigenvalue weighted by Gasteiger charge is 2.31. The smallest absolute Gasteiger partial charge is 0.396 e. The van der Waals surface area contributed by atoms with Crippen LogP contribution < -0.4 is 0 Å². The van der Waals surface area contributed by atoms with E-state index in [9.17, 15) is 13.2 Å². The number of fused-ring (bicyclic) bond motifs is 1. The molecule has 126 valence electrons. The minimum Gasteiger partial charge on any atom is -0.396 e. The van der Waals surface area contributed by atoms with E-state index in [2.05, 4.69) is 4.98 Å². The number of aryl methyl sites for hydroxylation is 1. The second kappa shape index (κ2) is 6.49. The maximum Gasteiger partial charge on any atom is 0.416 e. The van der Waals surface area contributed by atoms with E-state index >= 15 is 0 Å². The molecule has 1 unspecified atom stereocenters. The lowest BCUT2D eigenvalue weighted by molar-refractivity contribution is -0.137. The highest BCUT2D eigenvalue weighted by molar-refractivity contribution is 5.77. The molecule has 1 aliphatic rings. The predicted octanol–water partition coefficient (Wildman–Crippen LogP) is 3.16. The van der Waals surface area contributed by atoms with Crippen LogP contribution in [0.4, 0.5) is 13.2 Å². The molecule has 1 atom stereocenters. The molecule has 1 N–H and O–H groups in total. The van der Waals surface area contributed by atoms with Gasteiger partial charge < -0.3 is 14.4 Å². The lowest BCUT2D eigenvalue weighted by Crippen LogP contribution is -2.17. The van der Waals surface area contributed by atoms with Crippen LogP contribution in [0.15, 0.2) is 18.2 Å². The summed E-state index contributed by atoms with van der Waals surface area (Å²) < 4.78 is 46.2. The Morgan fingerprint density at radius 1 is 1.35 bits per heavy atom. The summed E-state index contributed by atoms with van der Waals surface area (Å²) in [6.45, 7) is 1.33. The molecule has 0 saturated carbocycles.